The van der Waals surface area contributed by atoms with Gasteiger partial charge in [-0.15, -0.1) is 11.3 Å². The second kappa shape index (κ2) is 7.10. The lowest BCUT2D eigenvalue weighted by Crippen LogP contribution is -2.06. The third-order valence-electron chi connectivity index (χ3n) is 3.16. The molecule has 0 N–H and O–H groups in total. The number of carbonyl (C=O) groups is 1. The van der Waals surface area contributed by atoms with Crippen molar-refractivity contribution in [3.05, 3.63) is 42.2 Å². The van der Waals surface area contributed by atoms with E-state index in [2.05, 4.69) is 28.2 Å². The number of esters is 1. The van der Waals surface area contributed by atoms with Gasteiger partial charge < -0.3 is 4.74 Å². The minimum Gasteiger partial charge on any atom is -0.465 e. The highest BCUT2D eigenvalue weighted by Gasteiger charge is 2.13. The molecule has 23 heavy (non-hydrogen) atoms. The van der Waals surface area contributed by atoms with Crippen molar-refractivity contribution in [2.24, 2.45) is 0 Å². The van der Waals surface area contributed by atoms with Crippen LogP contribution in [-0.2, 0) is 9.53 Å². The van der Waals surface area contributed by atoms with Crippen LogP contribution in [0.1, 0.15) is 12.7 Å². The number of aryl methyl sites for hydroxylation is 1. The van der Waals surface area contributed by atoms with Crippen molar-refractivity contribution in [1.29, 1.82) is 0 Å². The fourth-order valence-corrected chi connectivity index (χ4v) is 4.17. The number of aromatic nitrogens is 2. The molecule has 2 heterocycles. The lowest BCUT2D eigenvalue weighted by molar-refractivity contribution is -0.139. The van der Waals surface area contributed by atoms with Gasteiger partial charge in [-0.05, 0) is 25.5 Å². The lowest BCUT2D eigenvalue weighted by Gasteiger charge is -2.03. The van der Waals surface area contributed by atoms with Crippen LogP contribution < -0.4 is 0 Å². The molecule has 6 heteroatoms. The summed E-state index contributed by atoms with van der Waals surface area (Å²) in [4.78, 5) is 22.7. The van der Waals surface area contributed by atoms with Gasteiger partial charge in [-0.2, -0.15) is 0 Å². The Bertz CT molecular complexity index is 831. The molecule has 3 rings (SSSR count). The molecule has 0 aliphatic carbocycles. The monoisotopic (exact) mass is 344 g/mol. The Morgan fingerprint density at radius 3 is 2.78 bits per heavy atom. The largest absolute Gasteiger partial charge is 0.465 e. The normalized spacial score (nSPS) is 10.9. The van der Waals surface area contributed by atoms with E-state index in [1.54, 1.807) is 18.3 Å². The van der Waals surface area contributed by atoms with Crippen LogP contribution in [0, 0.1) is 6.92 Å². The number of rotatable bonds is 5. The topological polar surface area (TPSA) is 52.1 Å². The van der Waals surface area contributed by atoms with Crippen LogP contribution in [0.15, 0.2) is 41.4 Å². The number of hydrogen-bond acceptors (Lipinski definition) is 6. The number of ether oxygens (including phenoxy) is 1. The third kappa shape index (κ3) is 3.71. The minimum atomic E-state index is -0.222. The van der Waals surface area contributed by atoms with Crippen LogP contribution in [-0.4, -0.2) is 28.3 Å². The first-order chi connectivity index (χ1) is 11.2. The Morgan fingerprint density at radius 2 is 2.04 bits per heavy atom. The summed E-state index contributed by atoms with van der Waals surface area (Å²) in [5.41, 5.74) is 1.16. The van der Waals surface area contributed by atoms with E-state index in [4.69, 9.17) is 4.74 Å². The highest BCUT2D eigenvalue weighted by atomic mass is 32.2. The van der Waals surface area contributed by atoms with Crippen LogP contribution in [0.5, 0.6) is 0 Å². The first-order valence-corrected chi connectivity index (χ1v) is 9.09. The van der Waals surface area contributed by atoms with Crippen LogP contribution >= 0.6 is 23.1 Å². The Morgan fingerprint density at radius 1 is 1.26 bits per heavy atom. The molecule has 0 unspecified atom stereocenters. The molecule has 0 fully saturated rings. The molecule has 0 bridgehead atoms. The fraction of sp³-hybridized carbons (Fsp3) is 0.235. The Kier molecular flexibility index (Phi) is 4.93. The zero-order chi connectivity index (χ0) is 16.2. The second-order valence-corrected chi connectivity index (χ2v) is 6.86. The smallest absolute Gasteiger partial charge is 0.316 e. The van der Waals surface area contributed by atoms with Gasteiger partial charge in [-0.3, -0.25) is 4.79 Å². The summed E-state index contributed by atoms with van der Waals surface area (Å²) in [7, 11) is 0. The highest BCUT2D eigenvalue weighted by Crippen LogP contribution is 2.36. The second-order valence-electron chi connectivity index (χ2n) is 4.87. The zero-order valence-electron chi connectivity index (χ0n) is 12.9. The zero-order valence-corrected chi connectivity index (χ0v) is 14.5. The van der Waals surface area contributed by atoms with Gasteiger partial charge in [0.2, 0.25) is 0 Å². The molecule has 118 valence electrons. The predicted octanol–water partition coefficient (Wildman–Crippen LogP) is 4.32. The van der Waals surface area contributed by atoms with E-state index in [1.165, 1.54) is 11.8 Å². The van der Waals surface area contributed by atoms with Crippen molar-refractivity contribution in [2.45, 2.75) is 18.9 Å². The SMILES string of the molecule is CCOC(=O)CSc1nc(C)nc2sc(-c3ccccc3)cc12. The quantitative estimate of drug-likeness (QED) is 0.392. The minimum absolute atomic E-state index is 0.222. The summed E-state index contributed by atoms with van der Waals surface area (Å²) in [6, 6.07) is 12.3. The summed E-state index contributed by atoms with van der Waals surface area (Å²) < 4.78 is 4.98. The van der Waals surface area contributed by atoms with Crippen LogP contribution in [0.4, 0.5) is 0 Å². The number of thiophene rings is 1. The van der Waals surface area contributed by atoms with E-state index >= 15 is 0 Å². The van der Waals surface area contributed by atoms with E-state index in [1.807, 2.05) is 25.1 Å². The Balaban J connectivity index is 1.95. The summed E-state index contributed by atoms with van der Waals surface area (Å²) in [5.74, 6) is 0.751. The molecule has 0 radical (unpaired) electrons. The molecular weight excluding hydrogens is 328 g/mol. The van der Waals surface area contributed by atoms with Gasteiger partial charge >= 0.3 is 5.97 Å². The van der Waals surface area contributed by atoms with Gasteiger partial charge in [0.1, 0.15) is 15.7 Å². The molecule has 0 atom stereocenters. The Labute approximate surface area is 142 Å². The van der Waals surface area contributed by atoms with E-state index in [0.717, 1.165) is 25.7 Å². The number of thioether (sulfide) groups is 1. The number of nitrogens with zero attached hydrogens (tertiary/aromatic N) is 2. The number of carbonyl (C=O) groups excluding carboxylic acids is 1. The van der Waals surface area contributed by atoms with E-state index in [0.29, 0.717) is 12.4 Å². The summed E-state index contributed by atoms with van der Waals surface area (Å²) >= 11 is 3.04. The van der Waals surface area contributed by atoms with Gasteiger partial charge in [0, 0.05) is 10.3 Å². The Hall–Kier alpha value is -1.92. The molecule has 0 aliphatic rings. The van der Waals surface area contributed by atoms with Crippen molar-refractivity contribution in [2.75, 3.05) is 12.4 Å². The maximum absolute atomic E-state index is 11.6. The molecule has 0 aliphatic heterocycles. The molecular formula is C17H16N2O2S2. The van der Waals surface area contributed by atoms with E-state index in [9.17, 15) is 4.79 Å². The standard InChI is InChI=1S/C17H16N2O2S2/c1-3-21-15(20)10-22-16-13-9-14(12-7-5-4-6-8-12)23-17(13)19-11(2)18-16/h4-9H,3,10H2,1-2H3. The number of hydrogen-bond donors (Lipinski definition) is 0. The third-order valence-corrected chi connectivity index (χ3v) is 5.20. The number of benzene rings is 1. The van der Waals surface area contributed by atoms with Crippen molar-refractivity contribution >= 4 is 39.3 Å². The molecule has 0 saturated heterocycles. The molecule has 0 spiro atoms. The summed E-state index contributed by atoms with van der Waals surface area (Å²) in [6.07, 6.45) is 0. The van der Waals surface area contributed by atoms with Gasteiger partial charge in [0.15, 0.2) is 0 Å². The lowest BCUT2D eigenvalue weighted by atomic mass is 10.2. The average Bonchev–Trinajstić information content (AvgIpc) is 2.97. The molecule has 4 nitrogen and oxygen atoms in total. The van der Waals surface area contributed by atoms with Crippen LogP contribution in [0.2, 0.25) is 0 Å². The summed E-state index contributed by atoms with van der Waals surface area (Å²) in [6.45, 7) is 4.07. The first kappa shape index (κ1) is 16.0. The van der Waals surface area contributed by atoms with Crippen molar-refractivity contribution < 1.29 is 9.53 Å². The van der Waals surface area contributed by atoms with Crippen molar-refractivity contribution in [1.82, 2.24) is 9.97 Å². The van der Waals surface area contributed by atoms with Gasteiger partial charge in [-0.25, -0.2) is 9.97 Å². The van der Waals surface area contributed by atoms with Crippen LogP contribution in [0.25, 0.3) is 20.7 Å². The molecule has 3 aromatic rings. The maximum Gasteiger partial charge on any atom is 0.316 e. The van der Waals surface area contributed by atoms with Gasteiger partial charge in [0.05, 0.1) is 12.4 Å². The van der Waals surface area contributed by atoms with Crippen molar-refractivity contribution in [3.8, 4) is 10.4 Å². The first-order valence-electron chi connectivity index (χ1n) is 7.29. The average molecular weight is 344 g/mol. The maximum atomic E-state index is 11.6. The van der Waals surface area contributed by atoms with Crippen molar-refractivity contribution in [3.63, 3.8) is 0 Å². The van der Waals surface area contributed by atoms with Gasteiger partial charge in [0.25, 0.3) is 0 Å². The van der Waals surface area contributed by atoms with Crippen LogP contribution in [0.3, 0.4) is 0 Å². The summed E-state index contributed by atoms with van der Waals surface area (Å²) in [5, 5.41) is 1.83. The van der Waals surface area contributed by atoms with E-state index in [-0.39, 0.29) is 11.7 Å². The molecule has 0 saturated carbocycles. The van der Waals surface area contributed by atoms with Gasteiger partial charge in [-0.1, -0.05) is 42.1 Å². The predicted molar refractivity (Wildman–Crippen MR) is 94.9 cm³/mol. The molecule has 2 aromatic heterocycles. The molecule has 1 aromatic carbocycles. The fourth-order valence-electron chi connectivity index (χ4n) is 2.18. The number of fused-ring (bicyclic) bond motifs is 1. The van der Waals surface area contributed by atoms with E-state index < -0.39 is 0 Å². The molecule has 0 amide bonds. The highest BCUT2D eigenvalue weighted by molar-refractivity contribution is 8.00.